The number of ketones is 1. The molecular weight excluding hydrogens is 210 g/mol. The van der Waals surface area contributed by atoms with Gasteiger partial charge in [-0.3, -0.25) is 4.79 Å². The van der Waals surface area contributed by atoms with Crippen LogP contribution in [0.5, 0.6) is 0 Å². The average molecular weight is 225 g/mol. The maximum Gasteiger partial charge on any atom is 0.193 e. The molecule has 0 aliphatic carbocycles. The van der Waals surface area contributed by atoms with Crippen molar-refractivity contribution in [2.24, 2.45) is 0 Å². The van der Waals surface area contributed by atoms with Crippen LogP contribution in [0.3, 0.4) is 0 Å². The third-order valence-electron chi connectivity index (χ3n) is 2.61. The van der Waals surface area contributed by atoms with Gasteiger partial charge in [-0.2, -0.15) is 0 Å². The Kier molecular flexibility index (Phi) is 3.68. The van der Waals surface area contributed by atoms with Crippen LogP contribution >= 0.6 is 0 Å². The number of benzene rings is 2. The third kappa shape index (κ3) is 2.80. The van der Waals surface area contributed by atoms with Gasteiger partial charge in [0.1, 0.15) is 0 Å². The fraction of sp³-hybridized carbons (Fsp3) is 0.133. The van der Waals surface area contributed by atoms with Crippen LogP contribution in [0.2, 0.25) is 0 Å². The van der Waals surface area contributed by atoms with Gasteiger partial charge in [-0.25, -0.2) is 0 Å². The van der Waals surface area contributed by atoms with Crippen LogP contribution in [0.15, 0.2) is 54.6 Å². The Hall–Kier alpha value is -1.93. The third-order valence-corrected chi connectivity index (χ3v) is 2.61. The highest BCUT2D eigenvalue weighted by atomic mass is 16.1. The van der Waals surface area contributed by atoms with Gasteiger partial charge in [0.25, 0.3) is 0 Å². The molecule has 86 valence electrons. The maximum absolute atomic E-state index is 12.2. The number of hydrogen-bond donors (Lipinski definition) is 1. The molecule has 0 saturated carbocycles. The first-order valence-corrected chi connectivity index (χ1v) is 5.64. The average Bonchev–Trinajstić information content (AvgIpc) is 2.40. The predicted octanol–water partition coefficient (Wildman–Crippen LogP) is 2.64. The minimum absolute atomic E-state index is 0.0727. The normalized spacial score (nSPS) is 10.2. The molecule has 1 N–H and O–H groups in total. The molecule has 0 aliphatic heterocycles. The zero-order valence-electron chi connectivity index (χ0n) is 9.81. The molecule has 2 aromatic rings. The summed E-state index contributed by atoms with van der Waals surface area (Å²) in [5.41, 5.74) is 2.59. The smallest absolute Gasteiger partial charge is 0.193 e. The lowest BCUT2D eigenvalue weighted by Gasteiger charge is -2.04. The molecule has 0 radical (unpaired) electrons. The minimum Gasteiger partial charge on any atom is -0.316 e. The molecular formula is C15H15NO. The van der Waals surface area contributed by atoms with Crippen LogP contribution < -0.4 is 5.32 Å². The van der Waals surface area contributed by atoms with Gasteiger partial charge >= 0.3 is 0 Å². The van der Waals surface area contributed by atoms with Crippen LogP contribution in [0.1, 0.15) is 21.5 Å². The van der Waals surface area contributed by atoms with Crippen LogP contribution in [-0.4, -0.2) is 12.8 Å². The molecule has 0 aromatic heterocycles. The molecule has 2 heteroatoms. The molecule has 0 atom stereocenters. The van der Waals surface area contributed by atoms with Crippen molar-refractivity contribution < 1.29 is 4.79 Å². The SMILES string of the molecule is CNCc1cccc(C(=O)c2ccccc2)c1. The largest absolute Gasteiger partial charge is 0.316 e. The molecule has 2 aromatic carbocycles. The lowest BCUT2D eigenvalue weighted by Crippen LogP contribution is -2.07. The Morgan fingerprint density at radius 1 is 1.00 bits per heavy atom. The second-order valence-electron chi connectivity index (χ2n) is 3.93. The first-order chi connectivity index (χ1) is 8.31. The van der Waals surface area contributed by atoms with E-state index in [1.54, 1.807) is 0 Å². The van der Waals surface area contributed by atoms with Crippen molar-refractivity contribution in [1.29, 1.82) is 0 Å². The van der Waals surface area contributed by atoms with Crippen LogP contribution in [0, 0.1) is 0 Å². The van der Waals surface area contributed by atoms with Crippen molar-refractivity contribution in [3.05, 3.63) is 71.3 Å². The maximum atomic E-state index is 12.2. The van der Waals surface area contributed by atoms with Gasteiger partial charge < -0.3 is 5.32 Å². The molecule has 0 spiro atoms. The van der Waals surface area contributed by atoms with E-state index in [1.165, 1.54) is 0 Å². The quantitative estimate of drug-likeness (QED) is 0.810. The first kappa shape index (κ1) is 11.6. The summed E-state index contributed by atoms with van der Waals surface area (Å²) >= 11 is 0. The monoisotopic (exact) mass is 225 g/mol. The number of nitrogens with one attached hydrogen (secondary N) is 1. The Bertz CT molecular complexity index is 505. The number of hydrogen-bond acceptors (Lipinski definition) is 2. The van der Waals surface area contributed by atoms with E-state index in [1.807, 2.05) is 61.6 Å². The lowest BCUT2D eigenvalue weighted by atomic mass is 10.0. The molecule has 2 rings (SSSR count). The number of carbonyl (C=O) groups is 1. The lowest BCUT2D eigenvalue weighted by molar-refractivity contribution is 0.103. The van der Waals surface area contributed by atoms with Crippen LogP contribution in [-0.2, 0) is 6.54 Å². The molecule has 17 heavy (non-hydrogen) atoms. The summed E-state index contributed by atoms with van der Waals surface area (Å²) in [5, 5.41) is 3.08. The number of carbonyl (C=O) groups excluding carboxylic acids is 1. The van der Waals surface area contributed by atoms with Gasteiger partial charge in [-0.1, -0.05) is 48.5 Å². The van der Waals surface area contributed by atoms with E-state index >= 15 is 0 Å². The molecule has 2 nitrogen and oxygen atoms in total. The molecule has 0 unspecified atom stereocenters. The molecule has 0 saturated heterocycles. The van der Waals surface area contributed by atoms with Gasteiger partial charge in [0.2, 0.25) is 0 Å². The van der Waals surface area contributed by atoms with Crippen molar-refractivity contribution in [2.45, 2.75) is 6.54 Å². The highest BCUT2D eigenvalue weighted by Gasteiger charge is 2.08. The summed E-state index contributed by atoms with van der Waals surface area (Å²) in [4.78, 5) is 12.2. The fourth-order valence-electron chi connectivity index (χ4n) is 1.78. The molecule has 0 bridgehead atoms. The van der Waals surface area contributed by atoms with Crippen molar-refractivity contribution in [3.8, 4) is 0 Å². The number of rotatable bonds is 4. The van der Waals surface area contributed by atoms with Gasteiger partial charge in [0.05, 0.1) is 0 Å². The van der Waals surface area contributed by atoms with E-state index in [0.717, 1.165) is 23.2 Å². The zero-order chi connectivity index (χ0) is 12.1. The van der Waals surface area contributed by atoms with E-state index in [-0.39, 0.29) is 5.78 Å². The van der Waals surface area contributed by atoms with Crippen LogP contribution in [0.25, 0.3) is 0 Å². The van der Waals surface area contributed by atoms with E-state index in [9.17, 15) is 4.79 Å². The van der Waals surface area contributed by atoms with Gasteiger partial charge in [0, 0.05) is 17.7 Å². The molecule has 0 aliphatic rings. The van der Waals surface area contributed by atoms with Crippen molar-refractivity contribution in [1.82, 2.24) is 5.32 Å². The molecule has 0 heterocycles. The van der Waals surface area contributed by atoms with E-state index < -0.39 is 0 Å². The van der Waals surface area contributed by atoms with Crippen LogP contribution in [0.4, 0.5) is 0 Å². The predicted molar refractivity (Wildman–Crippen MR) is 69.1 cm³/mol. The fourth-order valence-corrected chi connectivity index (χ4v) is 1.78. The highest BCUT2D eigenvalue weighted by Crippen LogP contribution is 2.11. The Labute approximate surface area is 101 Å². The van der Waals surface area contributed by atoms with Crippen molar-refractivity contribution >= 4 is 5.78 Å². The Morgan fingerprint density at radius 2 is 1.71 bits per heavy atom. The van der Waals surface area contributed by atoms with Gasteiger partial charge in [-0.15, -0.1) is 0 Å². The van der Waals surface area contributed by atoms with Crippen molar-refractivity contribution in [3.63, 3.8) is 0 Å². The van der Waals surface area contributed by atoms with E-state index in [4.69, 9.17) is 0 Å². The summed E-state index contributed by atoms with van der Waals surface area (Å²) in [6.45, 7) is 0.774. The van der Waals surface area contributed by atoms with Crippen molar-refractivity contribution in [2.75, 3.05) is 7.05 Å². The first-order valence-electron chi connectivity index (χ1n) is 5.64. The van der Waals surface area contributed by atoms with E-state index in [0.29, 0.717) is 0 Å². The Morgan fingerprint density at radius 3 is 2.41 bits per heavy atom. The second-order valence-corrected chi connectivity index (χ2v) is 3.93. The Balaban J connectivity index is 2.28. The zero-order valence-corrected chi connectivity index (χ0v) is 9.81. The second kappa shape index (κ2) is 5.41. The highest BCUT2D eigenvalue weighted by molar-refractivity contribution is 6.09. The summed E-state index contributed by atoms with van der Waals surface area (Å²) in [6.07, 6.45) is 0. The minimum atomic E-state index is 0.0727. The van der Waals surface area contributed by atoms with E-state index in [2.05, 4.69) is 5.32 Å². The summed E-state index contributed by atoms with van der Waals surface area (Å²) in [6, 6.07) is 17.1. The standard InChI is InChI=1S/C15H15NO/c1-16-11-12-6-5-9-14(10-12)15(17)13-7-3-2-4-8-13/h2-10,16H,11H2,1H3. The topological polar surface area (TPSA) is 29.1 Å². The molecule has 0 fully saturated rings. The summed E-state index contributed by atoms with van der Waals surface area (Å²) in [5.74, 6) is 0.0727. The molecule has 0 amide bonds. The van der Waals surface area contributed by atoms with Gasteiger partial charge in [0.15, 0.2) is 5.78 Å². The summed E-state index contributed by atoms with van der Waals surface area (Å²) in [7, 11) is 1.89. The summed E-state index contributed by atoms with van der Waals surface area (Å²) < 4.78 is 0. The van der Waals surface area contributed by atoms with Gasteiger partial charge in [-0.05, 0) is 18.7 Å².